The molecule has 0 bridgehead atoms. The minimum absolute atomic E-state index is 0.138. The summed E-state index contributed by atoms with van der Waals surface area (Å²) in [4.78, 5) is 10.3. The average molecular weight is 340 g/mol. The Kier molecular flexibility index (Phi) is 3.85. The van der Waals surface area contributed by atoms with Crippen LogP contribution in [0, 0.1) is 0 Å². The van der Waals surface area contributed by atoms with Crippen LogP contribution in [-0.2, 0) is 12.8 Å². The Labute approximate surface area is 155 Å². The number of pyridine rings is 1. The van der Waals surface area contributed by atoms with E-state index in [-0.39, 0.29) is 5.54 Å². The molecule has 0 unspecified atom stereocenters. The van der Waals surface area contributed by atoms with Crippen LogP contribution in [0.4, 0.5) is 0 Å². The molecule has 2 heteroatoms. The van der Waals surface area contributed by atoms with Gasteiger partial charge in [0.25, 0.3) is 0 Å². The van der Waals surface area contributed by atoms with E-state index in [1.54, 1.807) is 0 Å². The Morgan fingerprint density at radius 2 is 1.62 bits per heavy atom. The second-order valence-electron chi connectivity index (χ2n) is 7.85. The van der Waals surface area contributed by atoms with Crippen molar-refractivity contribution in [2.45, 2.75) is 50.5 Å². The molecule has 1 saturated carbocycles. The van der Waals surface area contributed by atoms with Crippen molar-refractivity contribution in [3.05, 3.63) is 77.5 Å². The van der Waals surface area contributed by atoms with Gasteiger partial charge in [-0.05, 0) is 42.5 Å². The highest BCUT2D eigenvalue weighted by atomic mass is 14.9. The van der Waals surface area contributed by atoms with Crippen molar-refractivity contribution in [2.75, 3.05) is 0 Å². The molecule has 0 atom stereocenters. The second-order valence-corrected chi connectivity index (χ2v) is 7.85. The molecule has 2 aromatic carbocycles. The molecule has 1 spiro atoms. The molecular weight excluding hydrogens is 316 g/mol. The maximum atomic E-state index is 5.37. The van der Waals surface area contributed by atoms with Crippen LogP contribution in [-0.4, -0.2) is 16.2 Å². The zero-order valence-corrected chi connectivity index (χ0v) is 15.1. The van der Waals surface area contributed by atoms with Crippen LogP contribution in [0.2, 0.25) is 0 Å². The summed E-state index contributed by atoms with van der Waals surface area (Å²) in [5.74, 6) is 0. The summed E-state index contributed by atoms with van der Waals surface area (Å²) in [5, 5.41) is 1.20. The fourth-order valence-electron chi connectivity index (χ4n) is 4.71. The van der Waals surface area contributed by atoms with Crippen molar-refractivity contribution >= 4 is 16.6 Å². The third-order valence-corrected chi connectivity index (χ3v) is 6.01. The standard InChI is InChI=1S/C24H24N2/c1-6-14-24(15-7-1)17-19-9-2-4-10-21(19)23(26-24)16-20-13-12-18-8-3-5-11-22(18)25-20/h2-5,8-13H,1,6-7,14-17H2. The van der Waals surface area contributed by atoms with Crippen LogP contribution in [0.25, 0.3) is 10.9 Å². The van der Waals surface area contributed by atoms with Gasteiger partial charge in [0, 0.05) is 23.2 Å². The average Bonchev–Trinajstić information content (AvgIpc) is 2.68. The van der Waals surface area contributed by atoms with Gasteiger partial charge in [-0.1, -0.05) is 67.8 Å². The maximum absolute atomic E-state index is 5.37. The van der Waals surface area contributed by atoms with Gasteiger partial charge in [-0.2, -0.15) is 0 Å². The van der Waals surface area contributed by atoms with Gasteiger partial charge < -0.3 is 0 Å². The highest BCUT2D eigenvalue weighted by Gasteiger charge is 2.36. The van der Waals surface area contributed by atoms with E-state index in [2.05, 4.69) is 60.7 Å². The summed E-state index contributed by atoms with van der Waals surface area (Å²) in [7, 11) is 0. The highest BCUT2D eigenvalue weighted by molar-refractivity contribution is 6.04. The van der Waals surface area contributed by atoms with E-state index < -0.39 is 0 Å². The van der Waals surface area contributed by atoms with Crippen LogP contribution in [0.3, 0.4) is 0 Å². The van der Waals surface area contributed by atoms with Crippen LogP contribution in [0.15, 0.2) is 65.7 Å². The summed E-state index contributed by atoms with van der Waals surface area (Å²) in [6.45, 7) is 0. The van der Waals surface area contributed by atoms with Crippen LogP contribution >= 0.6 is 0 Å². The summed E-state index contributed by atoms with van der Waals surface area (Å²) in [6, 6.07) is 21.5. The third-order valence-electron chi connectivity index (χ3n) is 6.01. The molecule has 26 heavy (non-hydrogen) atoms. The lowest BCUT2D eigenvalue weighted by Gasteiger charge is -2.38. The zero-order valence-electron chi connectivity index (χ0n) is 15.1. The minimum atomic E-state index is 0.138. The van der Waals surface area contributed by atoms with Crippen LogP contribution in [0.5, 0.6) is 0 Å². The van der Waals surface area contributed by atoms with Crippen molar-refractivity contribution in [3.8, 4) is 0 Å². The van der Waals surface area contributed by atoms with Crippen LogP contribution in [0.1, 0.15) is 48.9 Å². The van der Waals surface area contributed by atoms with E-state index in [0.717, 1.165) is 24.1 Å². The van der Waals surface area contributed by atoms with Gasteiger partial charge in [0.15, 0.2) is 0 Å². The molecule has 2 nitrogen and oxygen atoms in total. The first-order valence-electron chi connectivity index (χ1n) is 9.83. The predicted molar refractivity (Wildman–Crippen MR) is 108 cm³/mol. The number of aromatic nitrogens is 1. The first-order valence-corrected chi connectivity index (χ1v) is 9.83. The number of aliphatic imine (C=N–C) groups is 1. The number of rotatable bonds is 2. The van der Waals surface area contributed by atoms with Crippen molar-refractivity contribution in [2.24, 2.45) is 4.99 Å². The predicted octanol–water partition coefficient (Wildman–Crippen LogP) is 5.53. The fraction of sp³-hybridized carbons (Fsp3) is 0.333. The largest absolute Gasteiger partial charge is 0.282 e. The maximum Gasteiger partial charge on any atom is 0.0705 e. The van der Waals surface area contributed by atoms with Crippen molar-refractivity contribution < 1.29 is 0 Å². The SMILES string of the molecule is c1ccc2c(c1)CC1(CCCCC1)N=C2Cc1ccc2ccccc2n1. The summed E-state index contributed by atoms with van der Waals surface area (Å²) < 4.78 is 0. The minimum Gasteiger partial charge on any atom is -0.282 e. The smallest absolute Gasteiger partial charge is 0.0705 e. The van der Waals surface area contributed by atoms with E-state index in [1.165, 1.54) is 54.3 Å². The highest BCUT2D eigenvalue weighted by Crippen LogP contribution is 2.39. The Balaban J connectivity index is 1.55. The fourth-order valence-corrected chi connectivity index (χ4v) is 4.71. The number of benzene rings is 2. The van der Waals surface area contributed by atoms with Gasteiger partial charge >= 0.3 is 0 Å². The van der Waals surface area contributed by atoms with Crippen molar-refractivity contribution in [1.29, 1.82) is 0 Å². The Hall–Kier alpha value is -2.48. The van der Waals surface area contributed by atoms with Gasteiger partial charge in [-0.3, -0.25) is 9.98 Å². The lowest BCUT2D eigenvalue weighted by molar-refractivity contribution is 0.293. The molecule has 1 fully saturated rings. The number of nitrogens with zero attached hydrogens (tertiary/aromatic N) is 2. The molecule has 0 N–H and O–H groups in total. The molecule has 0 amide bonds. The third kappa shape index (κ3) is 2.84. The zero-order chi connectivity index (χ0) is 17.4. The normalized spacial score (nSPS) is 18.5. The number of hydrogen-bond donors (Lipinski definition) is 0. The number of fused-ring (bicyclic) bond motifs is 2. The van der Waals surface area contributed by atoms with E-state index in [9.17, 15) is 0 Å². The Bertz CT molecular complexity index is 980. The van der Waals surface area contributed by atoms with Gasteiger partial charge in [-0.15, -0.1) is 0 Å². The van der Waals surface area contributed by atoms with Gasteiger partial charge in [0.1, 0.15) is 0 Å². The Morgan fingerprint density at radius 1 is 0.808 bits per heavy atom. The monoisotopic (exact) mass is 340 g/mol. The topological polar surface area (TPSA) is 25.2 Å². The first-order chi connectivity index (χ1) is 12.8. The summed E-state index contributed by atoms with van der Waals surface area (Å²) in [5.41, 5.74) is 6.36. The molecular formula is C24H24N2. The second kappa shape index (κ2) is 6.35. The molecule has 2 heterocycles. The molecule has 1 aromatic heterocycles. The van der Waals surface area contributed by atoms with Gasteiger partial charge in [0.05, 0.1) is 11.1 Å². The van der Waals surface area contributed by atoms with E-state index >= 15 is 0 Å². The molecule has 2 aliphatic rings. The summed E-state index contributed by atoms with van der Waals surface area (Å²) >= 11 is 0. The molecule has 0 saturated heterocycles. The number of hydrogen-bond acceptors (Lipinski definition) is 2. The van der Waals surface area contributed by atoms with Crippen molar-refractivity contribution in [3.63, 3.8) is 0 Å². The molecule has 130 valence electrons. The van der Waals surface area contributed by atoms with E-state index in [0.29, 0.717) is 0 Å². The molecule has 5 rings (SSSR count). The molecule has 1 aliphatic heterocycles. The lowest BCUT2D eigenvalue weighted by atomic mass is 9.74. The van der Waals surface area contributed by atoms with Crippen molar-refractivity contribution in [1.82, 2.24) is 4.98 Å². The lowest BCUT2D eigenvalue weighted by Crippen LogP contribution is -2.37. The molecule has 1 aliphatic carbocycles. The van der Waals surface area contributed by atoms with Gasteiger partial charge in [-0.25, -0.2) is 0 Å². The Morgan fingerprint density at radius 3 is 2.54 bits per heavy atom. The quantitative estimate of drug-likeness (QED) is 0.602. The summed E-state index contributed by atoms with van der Waals surface area (Å²) in [6.07, 6.45) is 8.38. The van der Waals surface area contributed by atoms with Gasteiger partial charge in [0.2, 0.25) is 0 Å². The van der Waals surface area contributed by atoms with E-state index in [1.807, 2.05) is 0 Å². The molecule has 0 radical (unpaired) electrons. The number of para-hydroxylation sites is 1. The first kappa shape index (κ1) is 15.7. The van der Waals surface area contributed by atoms with Crippen LogP contribution < -0.4 is 0 Å². The molecule has 3 aromatic rings. The van der Waals surface area contributed by atoms with E-state index in [4.69, 9.17) is 9.98 Å².